The van der Waals surface area contributed by atoms with Crippen LogP contribution in [0.3, 0.4) is 0 Å². The van der Waals surface area contributed by atoms with Crippen molar-refractivity contribution in [1.82, 2.24) is 0 Å². The first-order valence-electron chi connectivity index (χ1n) is 9.21. The van der Waals surface area contributed by atoms with Crippen LogP contribution in [0.2, 0.25) is 5.02 Å². The Morgan fingerprint density at radius 3 is 2.32 bits per heavy atom. The molecule has 0 heterocycles. The standard InChI is InChI=1S/C21H16ClF3N2O6S/c1-31-13-6-8-18(17(22)10-13)32-19-11-14(33-21(23,24)25)5-7-16(19)20(28)27-12-3-2-4-15(9-12)34(26,29)30/h2-11H,1H3,(H,27,28)(H2,26,29,30). The minimum Gasteiger partial charge on any atom is -0.497 e. The molecule has 3 aromatic rings. The fourth-order valence-corrected chi connectivity index (χ4v) is 3.50. The summed E-state index contributed by atoms with van der Waals surface area (Å²) in [6.45, 7) is 0. The molecule has 34 heavy (non-hydrogen) atoms. The van der Waals surface area contributed by atoms with Crippen LogP contribution in [0.1, 0.15) is 10.4 Å². The van der Waals surface area contributed by atoms with Gasteiger partial charge in [0.25, 0.3) is 5.91 Å². The van der Waals surface area contributed by atoms with Gasteiger partial charge in [-0.2, -0.15) is 0 Å². The predicted octanol–water partition coefficient (Wildman–Crippen LogP) is 4.94. The molecule has 0 aromatic heterocycles. The van der Waals surface area contributed by atoms with E-state index >= 15 is 0 Å². The first-order valence-corrected chi connectivity index (χ1v) is 11.1. The van der Waals surface area contributed by atoms with Crippen molar-refractivity contribution in [3.63, 3.8) is 0 Å². The molecule has 0 aliphatic carbocycles. The van der Waals surface area contributed by atoms with Crippen LogP contribution in [0.4, 0.5) is 18.9 Å². The zero-order valence-corrected chi connectivity index (χ0v) is 18.8. The molecule has 3 rings (SSSR count). The van der Waals surface area contributed by atoms with E-state index in [-0.39, 0.29) is 32.7 Å². The molecule has 3 N–H and O–H groups in total. The lowest BCUT2D eigenvalue weighted by atomic mass is 10.1. The Labute approximate surface area is 197 Å². The third-order valence-corrected chi connectivity index (χ3v) is 5.42. The van der Waals surface area contributed by atoms with E-state index in [4.69, 9.17) is 26.2 Å². The van der Waals surface area contributed by atoms with Crippen molar-refractivity contribution in [3.8, 4) is 23.0 Å². The first kappa shape index (κ1) is 25.1. The molecule has 1 amide bonds. The van der Waals surface area contributed by atoms with Crippen molar-refractivity contribution in [2.45, 2.75) is 11.3 Å². The van der Waals surface area contributed by atoms with Gasteiger partial charge in [0, 0.05) is 17.8 Å². The lowest BCUT2D eigenvalue weighted by Gasteiger charge is -2.15. The summed E-state index contributed by atoms with van der Waals surface area (Å²) in [7, 11) is -2.62. The highest BCUT2D eigenvalue weighted by Gasteiger charge is 2.31. The number of amides is 1. The molecular weight excluding hydrogens is 501 g/mol. The van der Waals surface area contributed by atoms with E-state index in [1.807, 2.05) is 0 Å². The number of primary sulfonamides is 1. The molecule has 0 aliphatic heterocycles. The third-order valence-electron chi connectivity index (χ3n) is 4.21. The molecule has 13 heteroatoms. The van der Waals surface area contributed by atoms with Crippen molar-refractivity contribution >= 4 is 33.2 Å². The van der Waals surface area contributed by atoms with Crippen molar-refractivity contribution in [2.75, 3.05) is 12.4 Å². The monoisotopic (exact) mass is 516 g/mol. The molecule has 0 spiro atoms. The second kappa shape index (κ2) is 9.79. The van der Waals surface area contributed by atoms with Gasteiger partial charge in [0.15, 0.2) is 0 Å². The minimum absolute atomic E-state index is 0.0249. The molecule has 0 saturated heterocycles. The highest BCUT2D eigenvalue weighted by Crippen LogP contribution is 2.36. The quantitative estimate of drug-likeness (QED) is 0.459. The second-order valence-corrected chi connectivity index (χ2v) is 8.60. The molecule has 0 saturated carbocycles. The van der Waals surface area contributed by atoms with E-state index in [9.17, 15) is 26.4 Å². The molecule has 0 radical (unpaired) electrons. The Balaban J connectivity index is 1.98. The lowest BCUT2D eigenvalue weighted by molar-refractivity contribution is -0.274. The van der Waals surface area contributed by atoms with Gasteiger partial charge in [-0.3, -0.25) is 4.79 Å². The number of ether oxygens (including phenoxy) is 3. The smallest absolute Gasteiger partial charge is 0.497 e. The Bertz CT molecular complexity index is 1330. The summed E-state index contributed by atoms with van der Waals surface area (Å²) in [5.41, 5.74) is -0.122. The molecule has 180 valence electrons. The Morgan fingerprint density at radius 2 is 1.71 bits per heavy atom. The number of rotatable bonds is 7. The number of carbonyl (C=O) groups excluding carboxylic acids is 1. The van der Waals surface area contributed by atoms with E-state index < -0.39 is 28.0 Å². The molecule has 0 aliphatic rings. The Hall–Kier alpha value is -3.48. The van der Waals surface area contributed by atoms with E-state index in [0.717, 1.165) is 24.3 Å². The summed E-state index contributed by atoms with van der Waals surface area (Å²) in [6.07, 6.45) is -4.98. The zero-order chi connectivity index (χ0) is 25.1. The van der Waals surface area contributed by atoms with Crippen LogP contribution < -0.4 is 24.7 Å². The summed E-state index contributed by atoms with van der Waals surface area (Å²) in [6, 6.07) is 12.2. The molecule has 3 aromatic carbocycles. The van der Waals surface area contributed by atoms with Crippen molar-refractivity contribution in [1.29, 1.82) is 0 Å². The van der Waals surface area contributed by atoms with E-state index in [1.165, 1.54) is 43.5 Å². The molecule has 0 unspecified atom stereocenters. The first-order chi connectivity index (χ1) is 15.9. The SMILES string of the molecule is COc1ccc(Oc2cc(OC(F)(F)F)ccc2C(=O)Nc2cccc(S(N)(=O)=O)c2)c(Cl)c1. The summed E-state index contributed by atoms with van der Waals surface area (Å²) < 4.78 is 75.7. The highest BCUT2D eigenvalue weighted by molar-refractivity contribution is 7.89. The number of nitrogens with two attached hydrogens (primary N) is 1. The van der Waals surface area contributed by atoms with Gasteiger partial charge in [-0.1, -0.05) is 17.7 Å². The van der Waals surface area contributed by atoms with Gasteiger partial charge in [-0.05, 0) is 42.5 Å². The molecule has 0 fully saturated rings. The number of halogens is 4. The number of hydrogen-bond donors (Lipinski definition) is 2. The summed E-state index contributed by atoms with van der Waals surface area (Å²) in [5.74, 6) is -1.34. The number of alkyl halides is 3. The summed E-state index contributed by atoms with van der Waals surface area (Å²) in [4.78, 5) is 12.6. The van der Waals surface area contributed by atoms with E-state index in [1.54, 1.807) is 0 Å². The topological polar surface area (TPSA) is 117 Å². The maximum absolute atomic E-state index is 12.9. The number of carbonyl (C=O) groups is 1. The van der Waals surface area contributed by atoms with Crippen LogP contribution in [0.25, 0.3) is 0 Å². The predicted molar refractivity (Wildman–Crippen MR) is 117 cm³/mol. The number of methoxy groups -OCH3 is 1. The van der Waals surface area contributed by atoms with Crippen molar-refractivity contribution in [3.05, 3.63) is 71.2 Å². The minimum atomic E-state index is -4.98. The maximum Gasteiger partial charge on any atom is 0.573 e. The Morgan fingerprint density at radius 1 is 1.00 bits per heavy atom. The van der Waals surface area contributed by atoms with Gasteiger partial charge in [-0.15, -0.1) is 13.2 Å². The molecular formula is C21H16ClF3N2O6S. The van der Waals surface area contributed by atoms with Gasteiger partial charge in [-0.25, -0.2) is 13.6 Å². The Kier molecular flexibility index (Phi) is 7.24. The number of hydrogen-bond acceptors (Lipinski definition) is 6. The molecule has 0 bridgehead atoms. The average molecular weight is 517 g/mol. The number of nitrogens with one attached hydrogen (secondary N) is 1. The van der Waals surface area contributed by atoms with Crippen LogP contribution in [-0.2, 0) is 10.0 Å². The number of sulfonamides is 1. The van der Waals surface area contributed by atoms with E-state index in [0.29, 0.717) is 5.75 Å². The average Bonchev–Trinajstić information content (AvgIpc) is 2.73. The van der Waals surface area contributed by atoms with Crippen molar-refractivity contribution < 1.29 is 40.6 Å². The van der Waals surface area contributed by atoms with Crippen LogP contribution in [-0.4, -0.2) is 27.8 Å². The fraction of sp³-hybridized carbons (Fsp3) is 0.0952. The van der Waals surface area contributed by atoms with Crippen LogP contribution in [0.15, 0.2) is 65.6 Å². The number of anilines is 1. The van der Waals surface area contributed by atoms with Gasteiger partial charge in [0.05, 0.1) is 22.6 Å². The van der Waals surface area contributed by atoms with Crippen LogP contribution >= 0.6 is 11.6 Å². The largest absolute Gasteiger partial charge is 0.573 e. The molecule has 0 atom stereocenters. The maximum atomic E-state index is 12.9. The molecule has 8 nitrogen and oxygen atoms in total. The van der Waals surface area contributed by atoms with E-state index in [2.05, 4.69) is 10.1 Å². The second-order valence-electron chi connectivity index (χ2n) is 6.63. The highest BCUT2D eigenvalue weighted by atomic mass is 35.5. The van der Waals surface area contributed by atoms with Crippen LogP contribution in [0.5, 0.6) is 23.0 Å². The van der Waals surface area contributed by atoms with Gasteiger partial charge in [0.1, 0.15) is 23.0 Å². The fourth-order valence-electron chi connectivity index (χ4n) is 2.73. The van der Waals surface area contributed by atoms with Gasteiger partial charge < -0.3 is 19.5 Å². The lowest BCUT2D eigenvalue weighted by Crippen LogP contribution is -2.18. The normalized spacial score (nSPS) is 11.6. The van der Waals surface area contributed by atoms with Crippen molar-refractivity contribution in [2.24, 2.45) is 5.14 Å². The zero-order valence-electron chi connectivity index (χ0n) is 17.2. The van der Waals surface area contributed by atoms with Crippen LogP contribution in [0, 0.1) is 0 Å². The van der Waals surface area contributed by atoms with Gasteiger partial charge >= 0.3 is 6.36 Å². The number of benzene rings is 3. The summed E-state index contributed by atoms with van der Waals surface area (Å²) in [5, 5.41) is 7.60. The van der Waals surface area contributed by atoms with Gasteiger partial charge in [0.2, 0.25) is 10.0 Å². The summed E-state index contributed by atoms with van der Waals surface area (Å²) >= 11 is 6.14. The third kappa shape index (κ3) is 6.53.